The number of aromatic nitrogens is 3. The molecule has 6 nitrogen and oxygen atoms in total. The second kappa shape index (κ2) is 9.52. The summed E-state index contributed by atoms with van der Waals surface area (Å²) in [5, 5.41) is 6.68. The van der Waals surface area contributed by atoms with E-state index in [4.69, 9.17) is 9.72 Å². The molecule has 150 valence electrons. The lowest BCUT2D eigenvalue weighted by Gasteiger charge is -2.13. The number of nitrogens with zero attached hydrogens (tertiary/aromatic N) is 3. The van der Waals surface area contributed by atoms with E-state index in [9.17, 15) is 0 Å². The number of pyridine rings is 1. The Bertz CT molecular complexity index is 1090. The lowest BCUT2D eigenvalue weighted by molar-refractivity contribution is 0.410. The predicted molar refractivity (Wildman–Crippen MR) is 119 cm³/mol. The molecule has 0 saturated heterocycles. The van der Waals surface area contributed by atoms with Gasteiger partial charge in [-0.05, 0) is 18.2 Å². The highest BCUT2D eigenvalue weighted by Crippen LogP contribution is 2.23. The van der Waals surface area contributed by atoms with Crippen LogP contribution in [0.25, 0.3) is 11.3 Å². The van der Waals surface area contributed by atoms with Crippen molar-refractivity contribution in [1.82, 2.24) is 15.0 Å². The molecule has 0 radical (unpaired) electrons. The molecule has 30 heavy (non-hydrogen) atoms. The molecule has 0 unspecified atom stereocenters. The zero-order valence-electron chi connectivity index (χ0n) is 16.7. The van der Waals surface area contributed by atoms with Crippen LogP contribution in [-0.2, 0) is 13.1 Å². The van der Waals surface area contributed by atoms with Crippen molar-refractivity contribution in [3.8, 4) is 17.0 Å². The van der Waals surface area contributed by atoms with Gasteiger partial charge in [-0.25, -0.2) is 4.98 Å². The van der Waals surface area contributed by atoms with Crippen LogP contribution in [0.3, 0.4) is 0 Å². The summed E-state index contributed by atoms with van der Waals surface area (Å²) >= 11 is 0. The van der Waals surface area contributed by atoms with Crippen molar-refractivity contribution in [2.45, 2.75) is 13.1 Å². The van der Waals surface area contributed by atoms with Gasteiger partial charge in [-0.15, -0.1) is 0 Å². The van der Waals surface area contributed by atoms with Crippen molar-refractivity contribution >= 4 is 11.8 Å². The number of hydrogen-bond donors (Lipinski definition) is 2. The Morgan fingerprint density at radius 2 is 1.60 bits per heavy atom. The van der Waals surface area contributed by atoms with E-state index in [0.717, 1.165) is 34.1 Å². The van der Waals surface area contributed by atoms with Crippen molar-refractivity contribution in [3.05, 3.63) is 96.3 Å². The van der Waals surface area contributed by atoms with E-state index in [0.29, 0.717) is 19.0 Å². The SMILES string of the molecule is COc1ccccc1CNc1nc(NCc2ccccn2)cc(-c2ccccc2)n1. The molecule has 0 aliphatic heterocycles. The van der Waals surface area contributed by atoms with Gasteiger partial charge >= 0.3 is 0 Å². The van der Waals surface area contributed by atoms with E-state index < -0.39 is 0 Å². The zero-order chi connectivity index (χ0) is 20.6. The lowest BCUT2D eigenvalue weighted by atomic mass is 10.1. The van der Waals surface area contributed by atoms with Crippen LogP contribution in [0.1, 0.15) is 11.3 Å². The molecule has 2 aromatic carbocycles. The second-order valence-electron chi connectivity index (χ2n) is 6.67. The van der Waals surface area contributed by atoms with Crippen molar-refractivity contribution in [3.63, 3.8) is 0 Å². The molecular weight excluding hydrogens is 374 g/mol. The van der Waals surface area contributed by atoms with E-state index >= 15 is 0 Å². The van der Waals surface area contributed by atoms with Crippen molar-refractivity contribution in [2.75, 3.05) is 17.7 Å². The van der Waals surface area contributed by atoms with E-state index in [1.54, 1.807) is 13.3 Å². The Balaban J connectivity index is 1.58. The van der Waals surface area contributed by atoms with Crippen LogP contribution in [-0.4, -0.2) is 22.1 Å². The Morgan fingerprint density at radius 3 is 2.40 bits per heavy atom. The van der Waals surface area contributed by atoms with Crippen LogP contribution in [0.2, 0.25) is 0 Å². The molecule has 4 rings (SSSR count). The number of hydrogen-bond acceptors (Lipinski definition) is 6. The number of ether oxygens (including phenoxy) is 1. The monoisotopic (exact) mass is 397 g/mol. The molecule has 0 atom stereocenters. The summed E-state index contributed by atoms with van der Waals surface area (Å²) in [7, 11) is 1.67. The molecule has 0 saturated carbocycles. The second-order valence-corrected chi connectivity index (χ2v) is 6.67. The number of benzene rings is 2. The van der Waals surface area contributed by atoms with Crippen molar-refractivity contribution < 1.29 is 4.74 Å². The van der Waals surface area contributed by atoms with Gasteiger partial charge in [0.2, 0.25) is 5.95 Å². The molecule has 0 amide bonds. The Kier molecular flexibility index (Phi) is 6.15. The minimum Gasteiger partial charge on any atom is -0.496 e. The first-order valence-corrected chi connectivity index (χ1v) is 9.76. The number of nitrogens with one attached hydrogen (secondary N) is 2. The fraction of sp³-hybridized carbons (Fsp3) is 0.125. The predicted octanol–water partition coefficient (Wildman–Crippen LogP) is 4.77. The number of para-hydroxylation sites is 1. The van der Waals surface area contributed by atoms with Gasteiger partial charge in [0, 0.05) is 29.9 Å². The highest BCUT2D eigenvalue weighted by atomic mass is 16.5. The number of methoxy groups -OCH3 is 1. The molecule has 2 N–H and O–H groups in total. The summed E-state index contributed by atoms with van der Waals surface area (Å²) < 4.78 is 5.44. The molecule has 0 aliphatic rings. The molecular formula is C24H23N5O. The van der Waals surface area contributed by atoms with Gasteiger partial charge in [-0.1, -0.05) is 54.6 Å². The molecule has 2 heterocycles. The van der Waals surface area contributed by atoms with Crippen LogP contribution in [0.4, 0.5) is 11.8 Å². The maximum Gasteiger partial charge on any atom is 0.225 e. The summed E-state index contributed by atoms with van der Waals surface area (Å²) in [5.41, 5.74) is 3.86. The summed E-state index contributed by atoms with van der Waals surface area (Å²) in [6, 6.07) is 25.8. The highest BCUT2D eigenvalue weighted by molar-refractivity contribution is 5.64. The first-order valence-electron chi connectivity index (χ1n) is 9.76. The first kappa shape index (κ1) is 19.4. The van der Waals surface area contributed by atoms with Gasteiger partial charge < -0.3 is 15.4 Å². The van der Waals surface area contributed by atoms with E-state index in [2.05, 4.69) is 20.6 Å². The summed E-state index contributed by atoms with van der Waals surface area (Å²) in [4.78, 5) is 13.7. The Labute approximate surface area is 176 Å². The van der Waals surface area contributed by atoms with Crippen LogP contribution < -0.4 is 15.4 Å². The van der Waals surface area contributed by atoms with Crippen molar-refractivity contribution in [1.29, 1.82) is 0 Å². The van der Waals surface area contributed by atoms with E-state index in [-0.39, 0.29) is 0 Å². The third kappa shape index (κ3) is 4.91. The molecule has 6 heteroatoms. The number of rotatable bonds is 8. The van der Waals surface area contributed by atoms with E-state index in [1.165, 1.54) is 0 Å². The van der Waals surface area contributed by atoms with Gasteiger partial charge in [0.15, 0.2) is 0 Å². The maximum absolute atomic E-state index is 5.44. The highest BCUT2D eigenvalue weighted by Gasteiger charge is 2.08. The molecule has 4 aromatic rings. The third-order valence-corrected chi connectivity index (χ3v) is 4.60. The Hall–Kier alpha value is -3.93. The van der Waals surface area contributed by atoms with Gasteiger partial charge in [-0.3, -0.25) is 4.98 Å². The third-order valence-electron chi connectivity index (χ3n) is 4.60. The molecule has 0 bridgehead atoms. The summed E-state index contributed by atoms with van der Waals surface area (Å²) in [6.07, 6.45) is 1.78. The minimum atomic E-state index is 0.547. The topological polar surface area (TPSA) is 72.0 Å². The molecule has 2 aromatic heterocycles. The molecule has 0 aliphatic carbocycles. The molecule has 0 fully saturated rings. The van der Waals surface area contributed by atoms with Crippen LogP contribution in [0.15, 0.2) is 85.1 Å². The smallest absolute Gasteiger partial charge is 0.225 e. The lowest BCUT2D eigenvalue weighted by Crippen LogP contribution is -2.09. The van der Waals surface area contributed by atoms with Crippen LogP contribution in [0, 0.1) is 0 Å². The van der Waals surface area contributed by atoms with Gasteiger partial charge in [0.1, 0.15) is 11.6 Å². The fourth-order valence-electron chi connectivity index (χ4n) is 3.08. The Morgan fingerprint density at radius 1 is 0.800 bits per heavy atom. The average Bonchev–Trinajstić information content (AvgIpc) is 2.83. The molecule has 0 spiro atoms. The maximum atomic E-state index is 5.44. The minimum absolute atomic E-state index is 0.547. The number of anilines is 2. The van der Waals surface area contributed by atoms with E-state index in [1.807, 2.05) is 78.9 Å². The van der Waals surface area contributed by atoms with Crippen LogP contribution in [0.5, 0.6) is 5.75 Å². The summed E-state index contributed by atoms with van der Waals surface area (Å²) in [6.45, 7) is 1.14. The normalized spacial score (nSPS) is 10.4. The van der Waals surface area contributed by atoms with Gasteiger partial charge in [0.25, 0.3) is 0 Å². The summed E-state index contributed by atoms with van der Waals surface area (Å²) in [5.74, 6) is 2.11. The van der Waals surface area contributed by atoms with Crippen LogP contribution >= 0.6 is 0 Å². The van der Waals surface area contributed by atoms with Gasteiger partial charge in [-0.2, -0.15) is 4.98 Å². The zero-order valence-corrected chi connectivity index (χ0v) is 16.7. The standard InChI is InChI=1S/C24H23N5O/c1-30-22-13-6-5-11-19(22)16-27-24-28-21(18-9-3-2-4-10-18)15-23(29-24)26-17-20-12-7-8-14-25-20/h2-15H,16-17H2,1H3,(H2,26,27,28,29). The fourth-order valence-corrected chi connectivity index (χ4v) is 3.08. The quantitative estimate of drug-likeness (QED) is 0.446. The average molecular weight is 397 g/mol. The van der Waals surface area contributed by atoms with Gasteiger partial charge in [0.05, 0.1) is 25.0 Å². The largest absolute Gasteiger partial charge is 0.496 e. The van der Waals surface area contributed by atoms with Crippen molar-refractivity contribution in [2.24, 2.45) is 0 Å². The first-order chi connectivity index (χ1) is 14.8.